The Morgan fingerprint density at radius 3 is 2.35 bits per heavy atom. The van der Waals surface area contributed by atoms with Crippen molar-refractivity contribution < 1.29 is 4.79 Å². The summed E-state index contributed by atoms with van der Waals surface area (Å²) in [5.74, 6) is 0.205. The largest absolute Gasteiger partial charge is 0.293 e. The van der Waals surface area contributed by atoms with Gasteiger partial charge in [0, 0.05) is 10.6 Å². The van der Waals surface area contributed by atoms with Crippen LogP contribution in [0.5, 0.6) is 0 Å². The summed E-state index contributed by atoms with van der Waals surface area (Å²) in [6.07, 6.45) is 2.98. The lowest BCUT2D eigenvalue weighted by Crippen LogP contribution is -2.42. The molecular weight excluding hydrogens is 268 g/mol. The molecule has 2 aromatic rings. The summed E-state index contributed by atoms with van der Waals surface area (Å²) in [7, 11) is 0. The molecule has 20 heavy (non-hydrogen) atoms. The second-order valence-electron chi connectivity index (χ2n) is 5.59. The first-order valence-corrected chi connectivity index (χ1v) is 7.38. The van der Waals surface area contributed by atoms with Crippen molar-refractivity contribution in [1.29, 1.82) is 0 Å². The quantitative estimate of drug-likeness (QED) is 0.729. The molecule has 0 atom stereocenters. The Morgan fingerprint density at radius 1 is 1.10 bits per heavy atom. The molecule has 0 amide bonds. The van der Waals surface area contributed by atoms with Crippen LogP contribution in [0.15, 0.2) is 48.5 Å². The van der Waals surface area contributed by atoms with Gasteiger partial charge >= 0.3 is 0 Å². The zero-order valence-corrected chi connectivity index (χ0v) is 12.3. The Morgan fingerprint density at radius 2 is 1.80 bits per heavy atom. The average Bonchev–Trinajstić information content (AvgIpc) is 2.42. The second-order valence-corrected chi connectivity index (χ2v) is 6.00. The number of carbonyl (C=O) groups is 1. The molecule has 0 aromatic heterocycles. The van der Waals surface area contributed by atoms with Gasteiger partial charge in [0.15, 0.2) is 5.78 Å². The van der Waals surface area contributed by atoms with Crippen molar-refractivity contribution in [2.24, 2.45) is 0 Å². The fourth-order valence-corrected chi connectivity index (χ4v) is 3.13. The second kappa shape index (κ2) is 5.06. The van der Waals surface area contributed by atoms with Gasteiger partial charge < -0.3 is 0 Å². The van der Waals surface area contributed by atoms with E-state index in [0.717, 1.165) is 36.0 Å². The molecule has 0 heterocycles. The molecule has 0 saturated heterocycles. The van der Waals surface area contributed by atoms with E-state index in [0.29, 0.717) is 5.02 Å². The van der Waals surface area contributed by atoms with Crippen molar-refractivity contribution in [3.63, 3.8) is 0 Å². The molecule has 0 bridgehead atoms. The van der Waals surface area contributed by atoms with Gasteiger partial charge in [-0.25, -0.2) is 0 Å². The first-order chi connectivity index (χ1) is 9.63. The van der Waals surface area contributed by atoms with Crippen molar-refractivity contribution in [2.75, 3.05) is 0 Å². The Balaban J connectivity index is 2.01. The highest BCUT2D eigenvalue weighted by Crippen LogP contribution is 2.46. The van der Waals surface area contributed by atoms with Crippen LogP contribution in [0.4, 0.5) is 0 Å². The van der Waals surface area contributed by atoms with Crippen LogP contribution in [-0.4, -0.2) is 5.78 Å². The van der Waals surface area contributed by atoms with Crippen LogP contribution in [0.1, 0.15) is 40.7 Å². The lowest BCUT2D eigenvalue weighted by atomic mass is 9.61. The SMILES string of the molecule is Cc1ccc(C(=O)C2(c3ccccc3)CCC2)cc1Cl. The van der Waals surface area contributed by atoms with Crippen LogP contribution in [0.2, 0.25) is 5.02 Å². The molecule has 2 heteroatoms. The highest BCUT2D eigenvalue weighted by molar-refractivity contribution is 6.31. The lowest BCUT2D eigenvalue weighted by Gasteiger charge is -2.41. The summed E-state index contributed by atoms with van der Waals surface area (Å²) in [6, 6.07) is 15.8. The highest BCUT2D eigenvalue weighted by atomic mass is 35.5. The number of halogens is 1. The van der Waals surface area contributed by atoms with Crippen LogP contribution in [-0.2, 0) is 5.41 Å². The highest BCUT2D eigenvalue weighted by Gasteiger charge is 2.45. The molecule has 102 valence electrons. The van der Waals surface area contributed by atoms with E-state index in [2.05, 4.69) is 12.1 Å². The van der Waals surface area contributed by atoms with E-state index < -0.39 is 0 Å². The fraction of sp³-hybridized carbons (Fsp3) is 0.278. The van der Waals surface area contributed by atoms with E-state index in [9.17, 15) is 4.79 Å². The van der Waals surface area contributed by atoms with Gasteiger partial charge in [0.25, 0.3) is 0 Å². The molecule has 0 spiro atoms. The summed E-state index contributed by atoms with van der Waals surface area (Å²) in [6.45, 7) is 1.95. The van der Waals surface area contributed by atoms with Gasteiger partial charge in [-0.2, -0.15) is 0 Å². The summed E-state index contributed by atoms with van der Waals surface area (Å²) in [5, 5.41) is 0.665. The van der Waals surface area contributed by atoms with E-state index in [1.165, 1.54) is 0 Å². The third-order valence-corrected chi connectivity index (χ3v) is 4.81. The smallest absolute Gasteiger partial charge is 0.173 e. The minimum Gasteiger partial charge on any atom is -0.293 e. The fourth-order valence-electron chi connectivity index (χ4n) is 2.94. The van der Waals surface area contributed by atoms with Crippen molar-refractivity contribution in [3.05, 3.63) is 70.2 Å². The van der Waals surface area contributed by atoms with Crippen LogP contribution >= 0.6 is 11.6 Å². The molecule has 1 aliphatic carbocycles. The van der Waals surface area contributed by atoms with E-state index in [4.69, 9.17) is 11.6 Å². The maximum absolute atomic E-state index is 13.0. The molecule has 0 N–H and O–H groups in total. The zero-order chi connectivity index (χ0) is 14.2. The minimum atomic E-state index is -0.333. The standard InChI is InChI=1S/C18H17ClO/c1-13-8-9-14(12-16(13)19)17(20)18(10-5-11-18)15-6-3-2-4-7-15/h2-4,6-9,12H,5,10-11H2,1H3. The number of aryl methyl sites for hydroxylation is 1. The molecule has 0 radical (unpaired) electrons. The van der Waals surface area contributed by atoms with Gasteiger partial charge in [0.1, 0.15) is 0 Å². The predicted molar refractivity (Wildman–Crippen MR) is 82.5 cm³/mol. The van der Waals surface area contributed by atoms with Gasteiger partial charge in [-0.05, 0) is 37.0 Å². The van der Waals surface area contributed by atoms with E-state index >= 15 is 0 Å². The Bertz CT molecular complexity index is 642. The van der Waals surface area contributed by atoms with Gasteiger partial charge in [-0.15, -0.1) is 0 Å². The molecule has 1 aliphatic rings. The summed E-state index contributed by atoms with van der Waals surface area (Å²) < 4.78 is 0. The third kappa shape index (κ3) is 2.06. The number of rotatable bonds is 3. The first kappa shape index (κ1) is 13.4. The summed E-state index contributed by atoms with van der Waals surface area (Å²) >= 11 is 6.16. The Hall–Kier alpha value is -1.60. The van der Waals surface area contributed by atoms with Gasteiger partial charge in [-0.1, -0.05) is 60.5 Å². The molecule has 3 rings (SSSR count). The van der Waals surface area contributed by atoms with E-state index in [-0.39, 0.29) is 11.2 Å². The lowest BCUT2D eigenvalue weighted by molar-refractivity contribution is 0.0789. The molecule has 1 fully saturated rings. The number of carbonyl (C=O) groups excluding carboxylic acids is 1. The molecule has 0 unspecified atom stereocenters. The Labute approximate surface area is 124 Å². The molecule has 0 aliphatic heterocycles. The zero-order valence-electron chi connectivity index (χ0n) is 11.5. The van der Waals surface area contributed by atoms with Gasteiger partial charge in [0.05, 0.1) is 5.41 Å². The summed E-state index contributed by atoms with van der Waals surface area (Å²) in [5.41, 5.74) is 2.53. The maximum atomic E-state index is 13.0. The maximum Gasteiger partial charge on any atom is 0.173 e. The van der Waals surface area contributed by atoms with Crippen LogP contribution in [0.3, 0.4) is 0 Å². The monoisotopic (exact) mass is 284 g/mol. The van der Waals surface area contributed by atoms with Crippen molar-refractivity contribution >= 4 is 17.4 Å². The van der Waals surface area contributed by atoms with Gasteiger partial charge in [0.2, 0.25) is 0 Å². The Kier molecular flexibility index (Phi) is 3.39. The van der Waals surface area contributed by atoms with E-state index in [1.807, 2.05) is 43.3 Å². The molecule has 2 aromatic carbocycles. The average molecular weight is 285 g/mol. The number of Topliss-reactive ketones (excluding diaryl/α,β-unsaturated/α-hetero) is 1. The van der Waals surface area contributed by atoms with Crippen molar-refractivity contribution in [3.8, 4) is 0 Å². The van der Waals surface area contributed by atoms with Crippen molar-refractivity contribution in [1.82, 2.24) is 0 Å². The van der Waals surface area contributed by atoms with Crippen LogP contribution < -0.4 is 0 Å². The molecule has 1 nitrogen and oxygen atoms in total. The third-order valence-electron chi connectivity index (χ3n) is 4.40. The normalized spacial score (nSPS) is 16.5. The predicted octanol–water partition coefficient (Wildman–Crippen LogP) is 4.95. The van der Waals surface area contributed by atoms with Crippen LogP contribution in [0, 0.1) is 6.92 Å². The van der Waals surface area contributed by atoms with Crippen LogP contribution in [0.25, 0.3) is 0 Å². The summed E-state index contributed by atoms with van der Waals surface area (Å²) in [4.78, 5) is 13.0. The number of ketones is 1. The minimum absolute atomic E-state index is 0.205. The number of hydrogen-bond donors (Lipinski definition) is 0. The molecular formula is C18H17ClO. The van der Waals surface area contributed by atoms with E-state index in [1.54, 1.807) is 0 Å². The molecule has 1 saturated carbocycles. The van der Waals surface area contributed by atoms with Crippen molar-refractivity contribution in [2.45, 2.75) is 31.6 Å². The van der Waals surface area contributed by atoms with Gasteiger partial charge in [-0.3, -0.25) is 4.79 Å². The number of hydrogen-bond acceptors (Lipinski definition) is 1. The first-order valence-electron chi connectivity index (χ1n) is 7.00. The number of benzene rings is 2. The topological polar surface area (TPSA) is 17.1 Å².